The molecule has 0 saturated heterocycles. The number of rotatable bonds is 9. The van der Waals surface area contributed by atoms with Crippen molar-refractivity contribution in [2.75, 3.05) is 5.32 Å². The van der Waals surface area contributed by atoms with Crippen LogP contribution in [0.25, 0.3) is 21.3 Å². The monoisotopic (exact) mass is 629 g/mol. The van der Waals surface area contributed by atoms with E-state index >= 15 is 0 Å². The number of carbonyl (C=O) groups excluding carboxylic acids is 2. The first-order valence-corrected chi connectivity index (χ1v) is 13.6. The number of aromatic nitrogens is 3. The first-order chi connectivity index (χ1) is 19.2. The Labute approximate surface area is 239 Å². The van der Waals surface area contributed by atoms with Crippen molar-refractivity contribution in [1.29, 1.82) is 0 Å². The zero-order valence-electron chi connectivity index (χ0n) is 21.2. The number of para-hydroxylation sites is 1. The zero-order chi connectivity index (χ0) is 28.6. The number of aryl methyl sites for hydroxylation is 2. The number of alkyl halides is 2. The third-order valence-electron chi connectivity index (χ3n) is 6.02. The quantitative estimate of drug-likeness (QED) is 0.187. The number of nitrogens with two attached hydrogens (primary N) is 1. The van der Waals surface area contributed by atoms with E-state index in [1.54, 1.807) is 29.9 Å². The van der Waals surface area contributed by atoms with Crippen molar-refractivity contribution in [3.63, 3.8) is 0 Å². The first-order valence-electron chi connectivity index (χ1n) is 12.0. The number of ether oxygens (including phenoxy) is 1. The number of amides is 2. The highest BCUT2D eigenvalue weighted by atomic mass is 79.9. The standard InChI is InChI=1S/C27H22BrF2N5O4S/c1-3-35-11-16(13(2)34-35)15-10-18(24(29)30)32-27-21(15)22(23(40-27)25(31)36)33-26(37)20-9-8-14(39-20)12-38-19-7-5-4-6-17(19)28/h4-11,24H,3,12H2,1-2H3,(H2,31,36)(H,33,37). The maximum Gasteiger partial charge on any atom is 0.291 e. The lowest BCUT2D eigenvalue weighted by Gasteiger charge is -2.10. The summed E-state index contributed by atoms with van der Waals surface area (Å²) < 4.78 is 41.4. The molecule has 0 spiro atoms. The van der Waals surface area contributed by atoms with E-state index < -0.39 is 23.9 Å². The van der Waals surface area contributed by atoms with E-state index in [1.807, 2.05) is 25.1 Å². The van der Waals surface area contributed by atoms with Crippen molar-refractivity contribution in [3.8, 4) is 16.9 Å². The molecule has 1 aromatic carbocycles. The van der Waals surface area contributed by atoms with Gasteiger partial charge in [0.25, 0.3) is 18.2 Å². The highest BCUT2D eigenvalue weighted by Crippen LogP contribution is 2.43. The van der Waals surface area contributed by atoms with Crippen LogP contribution in [0.4, 0.5) is 14.5 Å². The Morgan fingerprint density at radius 2 is 2.00 bits per heavy atom. The normalized spacial score (nSPS) is 11.3. The molecule has 5 rings (SSSR count). The average molecular weight is 630 g/mol. The van der Waals surface area contributed by atoms with Crippen LogP contribution in [0.15, 0.2) is 57.6 Å². The van der Waals surface area contributed by atoms with Crippen LogP contribution in [-0.2, 0) is 13.2 Å². The van der Waals surface area contributed by atoms with Gasteiger partial charge in [0.2, 0.25) is 0 Å². The molecule has 9 nitrogen and oxygen atoms in total. The summed E-state index contributed by atoms with van der Waals surface area (Å²) >= 11 is 4.23. The maximum atomic E-state index is 13.8. The van der Waals surface area contributed by atoms with E-state index in [2.05, 4.69) is 31.3 Å². The molecule has 0 radical (unpaired) electrons. The molecular formula is C27H22BrF2N5O4S. The van der Waals surface area contributed by atoms with Gasteiger partial charge in [0, 0.05) is 23.7 Å². The van der Waals surface area contributed by atoms with Crippen LogP contribution in [-0.4, -0.2) is 26.6 Å². The fourth-order valence-corrected chi connectivity index (χ4v) is 5.56. The van der Waals surface area contributed by atoms with Crippen molar-refractivity contribution >= 4 is 55.0 Å². The number of anilines is 1. The van der Waals surface area contributed by atoms with E-state index in [1.165, 1.54) is 12.1 Å². The summed E-state index contributed by atoms with van der Waals surface area (Å²) in [5.41, 5.74) is 6.71. The van der Waals surface area contributed by atoms with Crippen LogP contribution in [0.2, 0.25) is 0 Å². The number of hydrogen-bond acceptors (Lipinski definition) is 7. The number of pyridine rings is 1. The Kier molecular flexibility index (Phi) is 7.68. The summed E-state index contributed by atoms with van der Waals surface area (Å²) in [6, 6.07) is 11.6. The van der Waals surface area contributed by atoms with Gasteiger partial charge in [-0.3, -0.25) is 14.3 Å². The second-order valence-electron chi connectivity index (χ2n) is 8.67. The first kappa shape index (κ1) is 27.5. The molecule has 0 unspecified atom stereocenters. The maximum absolute atomic E-state index is 13.8. The number of furan rings is 1. The van der Waals surface area contributed by atoms with Gasteiger partial charge >= 0.3 is 0 Å². The number of fused-ring (bicyclic) bond motifs is 1. The molecule has 0 aliphatic heterocycles. The van der Waals surface area contributed by atoms with Crippen LogP contribution in [0.5, 0.6) is 5.75 Å². The number of primary amides is 1. The van der Waals surface area contributed by atoms with Gasteiger partial charge in [0.05, 0.1) is 15.9 Å². The Hall–Kier alpha value is -4.10. The molecule has 0 atom stereocenters. The molecule has 206 valence electrons. The SMILES string of the molecule is CCn1cc(-c2cc(C(F)F)nc3sc(C(N)=O)c(NC(=O)c4ccc(COc5ccccc5Br)o4)c23)c(C)n1. The van der Waals surface area contributed by atoms with E-state index in [4.69, 9.17) is 14.9 Å². The fraction of sp³-hybridized carbons (Fsp3) is 0.185. The Morgan fingerprint density at radius 3 is 2.67 bits per heavy atom. The minimum Gasteiger partial charge on any atom is -0.484 e. The minimum atomic E-state index is -2.86. The van der Waals surface area contributed by atoms with Gasteiger partial charge in [-0.2, -0.15) is 5.10 Å². The summed E-state index contributed by atoms with van der Waals surface area (Å²) in [7, 11) is 0. The van der Waals surface area contributed by atoms with E-state index in [-0.39, 0.29) is 27.8 Å². The Bertz CT molecular complexity index is 1750. The molecule has 0 saturated carbocycles. The van der Waals surface area contributed by atoms with E-state index in [0.717, 1.165) is 15.8 Å². The molecule has 4 aromatic heterocycles. The summed E-state index contributed by atoms with van der Waals surface area (Å²) in [6.45, 7) is 4.26. The van der Waals surface area contributed by atoms with Crippen LogP contribution >= 0.6 is 27.3 Å². The van der Waals surface area contributed by atoms with Gasteiger partial charge in [-0.25, -0.2) is 13.8 Å². The molecule has 0 bridgehead atoms. The molecule has 0 fully saturated rings. The zero-order valence-corrected chi connectivity index (χ0v) is 23.6. The van der Waals surface area contributed by atoms with Crippen LogP contribution in [0.3, 0.4) is 0 Å². The summed E-state index contributed by atoms with van der Waals surface area (Å²) in [4.78, 5) is 29.8. The van der Waals surface area contributed by atoms with E-state index in [0.29, 0.717) is 40.3 Å². The number of halogens is 3. The van der Waals surface area contributed by atoms with Crippen LogP contribution in [0, 0.1) is 6.92 Å². The minimum absolute atomic E-state index is 0.0342. The lowest BCUT2D eigenvalue weighted by Crippen LogP contribution is -2.16. The number of nitrogens with zero attached hydrogens (tertiary/aromatic N) is 3. The Morgan fingerprint density at radius 1 is 1.23 bits per heavy atom. The number of benzene rings is 1. The van der Waals surface area contributed by atoms with Crippen molar-refractivity contribution in [2.24, 2.45) is 5.73 Å². The predicted molar refractivity (Wildman–Crippen MR) is 150 cm³/mol. The number of thiophene rings is 1. The molecule has 3 N–H and O–H groups in total. The highest BCUT2D eigenvalue weighted by Gasteiger charge is 2.27. The predicted octanol–water partition coefficient (Wildman–Crippen LogP) is 6.71. The lowest BCUT2D eigenvalue weighted by molar-refractivity contribution is 0.0992. The van der Waals surface area contributed by atoms with Crippen LogP contribution < -0.4 is 15.8 Å². The second-order valence-corrected chi connectivity index (χ2v) is 10.5. The summed E-state index contributed by atoms with van der Waals surface area (Å²) in [5, 5.41) is 7.42. The topological polar surface area (TPSA) is 125 Å². The molecule has 13 heteroatoms. The van der Waals surface area contributed by atoms with Gasteiger partial charge in [-0.1, -0.05) is 12.1 Å². The van der Waals surface area contributed by atoms with E-state index in [9.17, 15) is 18.4 Å². The molecule has 0 aliphatic carbocycles. The number of hydrogen-bond donors (Lipinski definition) is 2. The van der Waals surface area contributed by atoms with Crippen molar-refractivity contribution in [3.05, 3.63) is 80.9 Å². The average Bonchev–Trinajstić information content (AvgIpc) is 3.65. The molecular weight excluding hydrogens is 608 g/mol. The molecule has 40 heavy (non-hydrogen) atoms. The second kappa shape index (κ2) is 11.2. The fourth-order valence-electron chi connectivity index (χ4n) is 4.14. The van der Waals surface area contributed by atoms with Gasteiger partial charge < -0.3 is 20.2 Å². The van der Waals surface area contributed by atoms with Crippen molar-refractivity contribution in [1.82, 2.24) is 14.8 Å². The van der Waals surface area contributed by atoms with Gasteiger partial charge in [-0.15, -0.1) is 11.3 Å². The van der Waals surface area contributed by atoms with Gasteiger partial charge in [0.1, 0.15) is 33.5 Å². The summed E-state index contributed by atoms with van der Waals surface area (Å²) in [5.74, 6) is -0.567. The smallest absolute Gasteiger partial charge is 0.291 e. The molecule has 2 amide bonds. The highest BCUT2D eigenvalue weighted by molar-refractivity contribution is 9.10. The number of nitrogens with one attached hydrogen (secondary N) is 1. The Balaban J connectivity index is 1.53. The van der Waals surface area contributed by atoms with Gasteiger partial charge in [0.15, 0.2) is 5.76 Å². The van der Waals surface area contributed by atoms with Crippen molar-refractivity contribution in [2.45, 2.75) is 33.4 Å². The third-order valence-corrected chi connectivity index (χ3v) is 7.77. The summed E-state index contributed by atoms with van der Waals surface area (Å²) in [6.07, 6.45) is -1.14. The molecule has 5 aromatic rings. The van der Waals surface area contributed by atoms with Crippen LogP contribution in [0.1, 0.15) is 50.7 Å². The third kappa shape index (κ3) is 5.34. The van der Waals surface area contributed by atoms with Crippen molar-refractivity contribution < 1.29 is 27.5 Å². The van der Waals surface area contributed by atoms with Gasteiger partial charge in [-0.05, 0) is 65.7 Å². The molecule has 4 heterocycles. The lowest BCUT2D eigenvalue weighted by atomic mass is 10.0. The number of carbonyl (C=O) groups is 2. The largest absolute Gasteiger partial charge is 0.484 e. The molecule has 0 aliphatic rings.